The van der Waals surface area contributed by atoms with E-state index in [0.29, 0.717) is 22.6 Å². The van der Waals surface area contributed by atoms with E-state index in [1.807, 2.05) is 19.1 Å². The maximum atomic E-state index is 12.0. The van der Waals surface area contributed by atoms with Crippen molar-refractivity contribution in [2.45, 2.75) is 20.5 Å². The maximum absolute atomic E-state index is 12.0. The van der Waals surface area contributed by atoms with Gasteiger partial charge in [0.25, 0.3) is 0 Å². The van der Waals surface area contributed by atoms with E-state index in [0.717, 1.165) is 5.56 Å². The summed E-state index contributed by atoms with van der Waals surface area (Å²) in [5, 5.41) is 9.05. The number of ether oxygens (including phenoxy) is 1. The Balaban J connectivity index is 2.21. The van der Waals surface area contributed by atoms with E-state index in [9.17, 15) is 4.79 Å². The molecular weight excluding hydrogens is 242 g/mol. The highest BCUT2D eigenvalue weighted by Gasteiger charge is 2.11. The van der Waals surface area contributed by atoms with Gasteiger partial charge in [-0.3, -0.25) is 4.98 Å². The lowest BCUT2D eigenvalue weighted by Gasteiger charge is -2.08. The van der Waals surface area contributed by atoms with Gasteiger partial charge in [-0.1, -0.05) is 17.7 Å². The molecule has 19 heavy (non-hydrogen) atoms. The van der Waals surface area contributed by atoms with Gasteiger partial charge in [0, 0.05) is 6.20 Å². The number of aliphatic hydroxyl groups excluding tert-OH is 1. The monoisotopic (exact) mass is 257 g/mol. The minimum absolute atomic E-state index is 0.137. The van der Waals surface area contributed by atoms with E-state index in [1.54, 1.807) is 31.3 Å². The van der Waals surface area contributed by atoms with Gasteiger partial charge in [0.2, 0.25) is 0 Å². The second-order valence-electron chi connectivity index (χ2n) is 4.34. The van der Waals surface area contributed by atoms with Crippen LogP contribution in [0.4, 0.5) is 0 Å². The first kappa shape index (κ1) is 13.2. The minimum atomic E-state index is -0.431. The maximum Gasteiger partial charge on any atom is 0.343 e. The van der Waals surface area contributed by atoms with Gasteiger partial charge >= 0.3 is 5.97 Å². The number of carbonyl (C=O) groups is 1. The summed E-state index contributed by atoms with van der Waals surface area (Å²) in [7, 11) is 0. The lowest BCUT2D eigenvalue weighted by molar-refractivity contribution is 0.0732. The van der Waals surface area contributed by atoms with Gasteiger partial charge in [0.1, 0.15) is 0 Å². The van der Waals surface area contributed by atoms with Crippen LogP contribution < -0.4 is 4.74 Å². The standard InChI is InChI=1S/C15H15NO3/c1-10-3-5-13(6-4-10)15(18)19-14-7-12(9-17)8-16-11(14)2/h3-8,17H,9H2,1-2H3. The summed E-state index contributed by atoms with van der Waals surface area (Å²) in [5.41, 5.74) is 2.78. The quantitative estimate of drug-likeness (QED) is 0.858. The molecule has 98 valence electrons. The zero-order valence-corrected chi connectivity index (χ0v) is 10.9. The molecule has 1 heterocycles. The molecule has 1 aromatic heterocycles. The number of aryl methyl sites for hydroxylation is 2. The van der Waals surface area contributed by atoms with Crippen molar-refractivity contribution < 1.29 is 14.6 Å². The van der Waals surface area contributed by atoms with Crippen molar-refractivity contribution in [2.75, 3.05) is 0 Å². The van der Waals surface area contributed by atoms with Crippen LogP contribution in [0.2, 0.25) is 0 Å². The van der Waals surface area contributed by atoms with Gasteiger partial charge in [-0.2, -0.15) is 0 Å². The first-order valence-electron chi connectivity index (χ1n) is 5.95. The fourth-order valence-corrected chi connectivity index (χ4v) is 1.59. The average molecular weight is 257 g/mol. The molecule has 0 saturated heterocycles. The van der Waals surface area contributed by atoms with Crippen molar-refractivity contribution >= 4 is 5.97 Å². The normalized spacial score (nSPS) is 10.3. The first-order chi connectivity index (χ1) is 9.10. The first-order valence-corrected chi connectivity index (χ1v) is 5.95. The fraction of sp³-hybridized carbons (Fsp3) is 0.200. The summed E-state index contributed by atoms with van der Waals surface area (Å²) in [6.45, 7) is 3.56. The van der Waals surface area contributed by atoms with Gasteiger partial charge in [-0.25, -0.2) is 4.79 Å². The van der Waals surface area contributed by atoms with Crippen molar-refractivity contribution in [1.29, 1.82) is 0 Å². The number of hydrogen-bond donors (Lipinski definition) is 1. The largest absolute Gasteiger partial charge is 0.421 e. The zero-order valence-electron chi connectivity index (χ0n) is 10.9. The Kier molecular flexibility index (Phi) is 3.92. The van der Waals surface area contributed by atoms with E-state index < -0.39 is 5.97 Å². The predicted octanol–water partition coefficient (Wildman–Crippen LogP) is 2.41. The molecule has 0 atom stereocenters. The molecule has 0 amide bonds. The van der Waals surface area contributed by atoms with Gasteiger partial charge in [0.15, 0.2) is 5.75 Å². The SMILES string of the molecule is Cc1ccc(C(=O)Oc2cc(CO)cnc2C)cc1. The number of aliphatic hydroxyl groups is 1. The number of rotatable bonds is 3. The van der Waals surface area contributed by atoms with Crippen LogP contribution >= 0.6 is 0 Å². The Morgan fingerprint density at radius 1 is 1.26 bits per heavy atom. The van der Waals surface area contributed by atoms with Crippen molar-refractivity contribution in [3.8, 4) is 5.75 Å². The fourth-order valence-electron chi connectivity index (χ4n) is 1.59. The molecule has 4 heteroatoms. The molecule has 0 saturated carbocycles. The Morgan fingerprint density at radius 3 is 2.58 bits per heavy atom. The number of nitrogens with zero attached hydrogens (tertiary/aromatic N) is 1. The molecule has 0 bridgehead atoms. The third-order valence-corrected chi connectivity index (χ3v) is 2.77. The lowest BCUT2D eigenvalue weighted by atomic mass is 10.1. The van der Waals surface area contributed by atoms with Crippen molar-refractivity contribution in [2.24, 2.45) is 0 Å². The summed E-state index contributed by atoms with van der Waals surface area (Å²) in [6, 6.07) is 8.76. The number of esters is 1. The molecule has 0 fully saturated rings. The molecule has 1 aromatic carbocycles. The van der Waals surface area contributed by atoms with E-state index in [2.05, 4.69) is 4.98 Å². The predicted molar refractivity (Wildman–Crippen MR) is 71.0 cm³/mol. The van der Waals surface area contributed by atoms with Crippen LogP contribution in [0.25, 0.3) is 0 Å². The molecule has 4 nitrogen and oxygen atoms in total. The molecular formula is C15H15NO3. The van der Waals surface area contributed by atoms with Crippen LogP contribution in [-0.4, -0.2) is 16.1 Å². The van der Waals surface area contributed by atoms with Gasteiger partial charge in [-0.05, 0) is 37.6 Å². The molecule has 0 aliphatic heterocycles. The molecule has 0 spiro atoms. The van der Waals surface area contributed by atoms with E-state index in [-0.39, 0.29) is 6.61 Å². The zero-order chi connectivity index (χ0) is 13.8. The van der Waals surface area contributed by atoms with E-state index in [4.69, 9.17) is 9.84 Å². The molecule has 1 N–H and O–H groups in total. The second-order valence-corrected chi connectivity index (χ2v) is 4.34. The minimum Gasteiger partial charge on any atom is -0.421 e. The number of hydrogen-bond acceptors (Lipinski definition) is 4. The van der Waals surface area contributed by atoms with Crippen LogP contribution in [0.3, 0.4) is 0 Å². The topological polar surface area (TPSA) is 59.4 Å². The summed E-state index contributed by atoms with van der Waals surface area (Å²) in [5.74, 6) is -0.0582. The third kappa shape index (κ3) is 3.17. The van der Waals surface area contributed by atoms with Crippen LogP contribution in [0.15, 0.2) is 36.5 Å². The number of benzene rings is 1. The van der Waals surface area contributed by atoms with E-state index >= 15 is 0 Å². The highest BCUT2D eigenvalue weighted by molar-refractivity contribution is 5.91. The Labute approximate surface area is 111 Å². The Bertz CT molecular complexity index is 591. The van der Waals surface area contributed by atoms with E-state index in [1.165, 1.54) is 0 Å². The summed E-state index contributed by atoms with van der Waals surface area (Å²) >= 11 is 0. The molecule has 0 aliphatic carbocycles. The number of pyridine rings is 1. The number of carbonyl (C=O) groups excluding carboxylic acids is 1. The van der Waals surface area contributed by atoms with Gasteiger partial charge in [0.05, 0.1) is 17.9 Å². The summed E-state index contributed by atoms with van der Waals surface area (Å²) in [6.07, 6.45) is 1.55. The molecule has 0 radical (unpaired) electrons. The average Bonchev–Trinajstić information content (AvgIpc) is 2.42. The summed E-state index contributed by atoms with van der Waals surface area (Å²) in [4.78, 5) is 16.0. The van der Waals surface area contributed by atoms with Crippen LogP contribution in [0, 0.1) is 13.8 Å². The summed E-state index contributed by atoms with van der Waals surface area (Å²) < 4.78 is 5.30. The second kappa shape index (κ2) is 5.63. The Hall–Kier alpha value is -2.20. The van der Waals surface area contributed by atoms with Crippen LogP contribution in [-0.2, 0) is 6.61 Å². The third-order valence-electron chi connectivity index (χ3n) is 2.77. The lowest BCUT2D eigenvalue weighted by Crippen LogP contribution is -2.10. The molecule has 0 aliphatic rings. The van der Waals surface area contributed by atoms with Gasteiger partial charge in [-0.15, -0.1) is 0 Å². The van der Waals surface area contributed by atoms with Crippen LogP contribution in [0.5, 0.6) is 5.75 Å². The molecule has 0 unspecified atom stereocenters. The highest BCUT2D eigenvalue weighted by atomic mass is 16.5. The molecule has 2 rings (SSSR count). The van der Waals surface area contributed by atoms with Crippen LogP contribution in [0.1, 0.15) is 27.2 Å². The van der Waals surface area contributed by atoms with Gasteiger partial charge < -0.3 is 9.84 Å². The Morgan fingerprint density at radius 2 is 1.95 bits per heavy atom. The number of aromatic nitrogens is 1. The molecule has 2 aromatic rings. The van der Waals surface area contributed by atoms with Crippen molar-refractivity contribution in [3.05, 3.63) is 58.9 Å². The smallest absolute Gasteiger partial charge is 0.343 e. The van der Waals surface area contributed by atoms with Crippen molar-refractivity contribution in [1.82, 2.24) is 4.98 Å². The van der Waals surface area contributed by atoms with Crippen molar-refractivity contribution in [3.63, 3.8) is 0 Å². The highest BCUT2D eigenvalue weighted by Crippen LogP contribution is 2.18.